The molecule has 16 heavy (non-hydrogen) atoms. The van der Waals surface area contributed by atoms with E-state index >= 15 is 0 Å². The van der Waals surface area contributed by atoms with Gasteiger partial charge in [-0.05, 0) is 6.07 Å². The van der Waals surface area contributed by atoms with Crippen LogP contribution in [0.5, 0.6) is 0 Å². The Bertz CT molecular complexity index is 507. The zero-order valence-electron chi connectivity index (χ0n) is 7.81. The highest BCUT2D eigenvalue weighted by molar-refractivity contribution is 9.10. The number of aliphatic carboxylic acids is 1. The lowest BCUT2D eigenvalue weighted by Crippen LogP contribution is -2.06. The van der Waals surface area contributed by atoms with E-state index in [9.17, 15) is 14.9 Å². The van der Waals surface area contributed by atoms with Gasteiger partial charge in [-0.2, -0.15) is 5.26 Å². The first-order chi connectivity index (χ1) is 7.45. The maximum absolute atomic E-state index is 10.7. The van der Waals surface area contributed by atoms with Crippen molar-refractivity contribution in [1.82, 2.24) is 0 Å². The maximum atomic E-state index is 10.7. The first kappa shape index (κ1) is 12.1. The van der Waals surface area contributed by atoms with Gasteiger partial charge in [-0.15, -0.1) is 0 Å². The van der Waals surface area contributed by atoms with Crippen molar-refractivity contribution in [2.24, 2.45) is 0 Å². The Kier molecular flexibility index (Phi) is 3.58. The molecule has 0 fully saturated rings. The lowest BCUT2D eigenvalue weighted by atomic mass is 10.0. The molecule has 6 nitrogen and oxygen atoms in total. The van der Waals surface area contributed by atoms with Crippen LogP contribution in [0.3, 0.4) is 0 Å². The molecular weight excluding hydrogens is 280 g/mol. The molecule has 0 radical (unpaired) electrons. The molecule has 0 aliphatic heterocycles. The average Bonchev–Trinajstić information content (AvgIpc) is 2.19. The molecule has 0 atom stereocenters. The van der Waals surface area contributed by atoms with Gasteiger partial charge < -0.3 is 5.11 Å². The second kappa shape index (κ2) is 4.72. The second-order valence-electron chi connectivity index (χ2n) is 2.89. The van der Waals surface area contributed by atoms with Crippen molar-refractivity contribution in [3.8, 4) is 6.07 Å². The minimum absolute atomic E-state index is 0.0107. The topological polar surface area (TPSA) is 104 Å². The number of nitro groups is 1. The predicted octanol–water partition coefficient (Wildman–Crippen LogP) is 1.86. The lowest BCUT2D eigenvalue weighted by molar-refractivity contribution is -0.385. The van der Waals surface area contributed by atoms with Gasteiger partial charge in [0.15, 0.2) is 0 Å². The number of nitro benzene ring substituents is 1. The first-order valence-electron chi connectivity index (χ1n) is 4.04. The van der Waals surface area contributed by atoms with Crippen molar-refractivity contribution in [1.29, 1.82) is 5.26 Å². The number of halogens is 1. The van der Waals surface area contributed by atoms with Crippen LogP contribution in [-0.2, 0) is 11.2 Å². The Morgan fingerprint density at radius 3 is 2.69 bits per heavy atom. The van der Waals surface area contributed by atoms with Crippen LogP contribution in [0.15, 0.2) is 16.6 Å². The summed E-state index contributed by atoms with van der Waals surface area (Å²) in [6.45, 7) is 0. The molecule has 0 unspecified atom stereocenters. The van der Waals surface area contributed by atoms with E-state index in [4.69, 9.17) is 10.4 Å². The molecule has 1 aromatic carbocycles. The van der Waals surface area contributed by atoms with Crippen molar-refractivity contribution in [2.75, 3.05) is 0 Å². The fourth-order valence-electron chi connectivity index (χ4n) is 1.22. The molecule has 0 aliphatic rings. The summed E-state index contributed by atoms with van der Waals surface area (Å²) in [6, 6.07) is 4.27. The van der Waals surface area contributed by atoms with E-state index in [0.29, 0.717) is 4.47 Å². The van der Waals surface area contributed by atoms with Crippen molar-refractivity contribution < 1.29 is 14.8 Å². The maximum Gasteiger partial charge on any atom is 0.308 e. The van der Waals surface area contributed by atoms with Gasteiger partial charge in [0.25, 0.3) is 5.69 Å². The number of nitrogens with zero attached hydrogens (tertiary/aromatic N) is 2. The van der Waals surface area contributed by atoms with Gasteiger partial charge in [-0.3, -0.25) is 14.9 Å². The molecule has 0 spiro atoms. The molecule has 0 amide bonds. The van der Waals surface area contributed by atoms with Gasteiger partial charge in [0.05, 0.1) is 28.5 Å². The van der Waals surface area contributed by atoms with Gasteiger partial charge in [0.2, 0.25) is 0 Å². The fraction of sp³-hybridized carbons (Fsp3) is 0.111. The molecule has 0 saturated carbocycles. The molecule has 0 aliphatic carbocycles. The summed E-state index contributed by atoms with van der Waals surface area (Å²) in [5.41, 5.74) is -0.458. The van der Waals surface area contributed by atoms with Crippen molar-refractivity contribution >= 4 is 27.6 Å². The molecule has 0 saturated heterocycles. The summed E-state index contributed by atoms with van der Waals surface area (Å²) in [6.07, 6.45) is -0.549. The number of carbonyl (C=O) groups is 1. The zero-order valence-corrected chi connectivity index (χ0v) is 9.39. The van der Waals surface area contributed by atoms with Crippen LogP contribution in [0.25, 0.3) is 0 Å². The van der Waals surface area contributed by atoms with Crippen molar-refractivity contribution in [2.45, 2.75) is 6.42 Å². The number of benzene rings is 1. The van der Waals surface area contributed by atoms with Gasteiger partial charge in [0, 0.05) is 10.5 Å². The predicted molar refractivity (Wildman–Crippen MR) is 56.9 cm³/mol. The number of hydrogen-bond acceptors (Lipinski definition) is 4. The summed E-state index contributed by atoms with van der Waals surface area (Å²) in [5.74, 6) is -1.22. The van der Waals surface area contributed by atoms with E-state index in [0.717, 1.165) is 0 Å². The highest BCUT2D eigenvalue weighted by atomic mass is 79.9. The third-order valence-corrected chi connectivity index (χ3v) is 2.29. The Morgan fingerprint density at radius 1 is 1.62 bits per heavy atom. The fourth-order valence-corrected chi connectivity index (χ4v) is 1.67. The number of carboxylic acid groups (broad SMARTS) is 1. The number of carboxylic acids is 1. The first-order valence-corrected chi connectivity index (χ1v) is 4.83. The molecule has 1 aromatic rings. The Labute approximate surface area is 98.4 Å². The van der Waals surface area contributed by atoms with Gasteiger partial charge in [-0.1, -0.05) is 15.9 Å². The van der Waals surface area contributed by atoms with E-state index in [-0.39, 0.29) is 16.8 Å². The smallest absolute Gasteiger partial charge is 0.308 e. The van der Waals surface area contributed by atoms with E-state index in [1.54, 1.807) is 6.07 Å². The van der Waals surface area contributed by atoms with E-state index in [1.165, 1.54) is 12.1 Å². The SMILES string of the molecule is N#Cc1cc(Br)cc([N+](=O)[O-])c1CC(=O)O. The standard InChI is InChI=1S/C9H5BrN2O4/c10-6-1-5(4-11)7(3-9(13)14)8(2-6)12(15)16/h1-2H,3H2,(H,13,14). The molecule has 82 valence electrons. The van der Waals surface area contributed by atoms with Crippen LogP contribution >= 0.6 is 15.9 Å². The minimum atomic E-state index is -1.22. The van der Waals surface area contributed by atoms with Gasteiger partial charge >= 0.3 is 5.97 Å². The van der Waals surface area contributed by atoms with E-state index in [2.05, 4.69) is 15.9 Å². The third-order valence-electron chi connectivity index (χ3n) is 1.84. The van der Waals surface area contributed by atoms with E-state index in [1.807, 2.05) is 0 Å². The summed E-state index contributed by atoms with van der Waals surface area (Å²) in [7, 11) is 0. The largest absolute Gasteiger partial charge is 0.481 e. The Hall–Kier alpha value is -1.94. The number of rotatable bonds is 3. The van der Waals surface area contributed by atoms with Crippen LogP contribution in [0, 0.1) is 21.4 Å². The average molecular weight is 285 g/mol. The second-order valence-corrected chi connectivity index (χ2v) is 3.81. The quantitative estimate of drug-likeness (QED) is 0.674. The zero-order chi connectivity index (χ0) is 12.3. The summed E-state index contributed by atoms with van der Waals surface area (Å²) < 4.78 is 0.366. The highest BCUT2D eigenvalue weighted by Gasteiger charge is 2.21. The molecule has 0 heterocycles. The minimum Gasteiger partial charge on any atom is -0.481 e. The molecule has 0 aromatic heterocycles. The third kappa shape index (κ3) is 2.55. The number of nitriles is 1. The van der Waals surface area contributed by atoms with Crippen molar-refractivity contribution in [3.05, 3.63) is 37.8 Å². The number of hydrogen-bond donors (Lipinski definition) is 1. The molecule has 1 rings (SSSR count). The van der Waals surface area contributed by atoms with Crippen LogP contribution in [-0.4, -0.2) is 16.0 Å². The highest BCUT2D eigenvalue weighted by Crippen LogP contribution is 2.27. The molecule has 7 heteroatoms. The summed E-state index contributed by atoms with van der Waals surface area (Å²) in [4.78, 5) is 20.6. The Morgan fingerprint density at radius 2 is 2.25 bits per heavy atom. The Balaban J connectivity index is 3.46. The van der Waals surface area contributed by atoms with Gasteiger partial charge in [0.1, 0.15) is 0 Å². The molecule has 0 bridgehead atoms. The van der Waals surface area contributed by atoms with Crippen molar-refractivity contribution in [3.63, 3.8) is 0 Å². The normalized spacial score (nSPS) is 9.50. The van der Waals surface area contributed by atoms with E-state index < -0.39 is 17.3 Å². The lowest BCUT2D eigenvalue weighted by Gasteiger charge is -2.03. The summed E-state index contributed by atoms with van der Waals surface area (Å²) in [5, 5.41) is 28.1. The van der Waals surface area contributed by atoms with Gasteiger partial charge in [-0.25, -0.2) is 0 Å². The summed E-state index contributed by atoms with van der Waals surface area (Å²) >= 11 is 3.02. The van der Waals surface area contributed by atoms with Crippen LogP contribution in [0.2, 0.25) is 0 Å². The molecular formula is C9H5BrN2O4. The van der Waals surface area contributed by atoms with Crippen LogP contribution in [0.4, 0.5) is 5.69 Å². The van der Waals surface area contributed by atoms with Crippen LogP contribution in [0.1, 0.15) is 11.1 Å². The van der Waals surface area contributed by atoms with Crippen LogP contribution < -0.4 is 0 Å². The molecule has 1 N–H and O–H groups in total. The monoisotopic (exact) mass is 284 g/mol.